The number of hydrogen-bond donors (Lipinski definition) is 1. The molecule has 1 fully saturated rings. The van der Waals surface area contributed by atoms with Crippen LogP contribution in [0, 0.1) is 6.92 Å². The summed E-state index contributed by atoms with van der Waals surface area (Å²) in [5.74, 6) is 0.828. The molecular formula is C14H15N3O3. The highest BCUT2D eigenvalue weighted by Crippen LogP contribution is 2.26. The molecule has 3 rings (SSSR count). The van der Waals surface area contributed by atoms with Crippen molar-refractivity contribution >= 4 is 5.95 Å². The topological polar surface area (TPSA) is 79.5 Å². The Kier molecular flexibility index (Phi) is 3.14. The van der Waals surface area contributed by atoms with Crippen LogP contribution in [0.5, 0.6) is 5.75 Å². The van der Waals surface area contributed by atoms with E-state index in [1.165, 1.54) is 6.07 Å². The Balaban J connectivity index is 2.07. The van der Waals surface area contributed by atoms with Gasteiger partial charge in [0.25, 0.3) is 0 Å². The summed E-state index contributed by atoms with van der Waals surface area (Å²) in [6, 6.07) is 3.01. The highest BCUT2D eigenvalue weighted by molar-refractivity contribution is 5.65. The van der Waals surface area contributed by atoms with Crippen molar-refractivity contribution in [2.45, 2.75) is 19.8 Å². The van der Waals surface area contributed by atoms with E-state index in [4.69, 9.17) is 4.42 Å². The van der Waals surface area contributed by atoms with Gasteiger partial charge in [0.15, 0.2) is 0 Å². The molecule has 6 nitrogen and oxygen atoms in total. The largest absolute Gasteiger partial charge is 0.507 e. The van der Waals surface area contributed by atoms with Gasteiger partial charge in [-0.15, -0.1) is 0 Å². The van der Waals surface area contributed by atoms with Crippen molar-refractivity contribution in [1.82, 2.24) is 9.97 Å². The molecule has 1 N–H and O–H groups in total. The molecule has 2 aromatic rings. The minimum Gasteiger partial charge on any atom is -0.507 e. The molecule has 0 spiro atoms. The first-order chi connectivity index (χ1) is 9.65. The predicted octanol–water partition coefficient (Wildman–Crippen LogP) is 1.71. The predicted molar refractivity (Wildman–Crippen MR) is 73.9 cm³/mol. The third-order valence-electron chi connectivity index (χ3n) is 3.34. The molecule has 1 aliphatic rings. The van der Waals surface area contributed by atoms with Gasteiger partial charge in [-0.3, -0.25) is 0 Å². The number of nitrogens with zero attached hydrogens (tertiary/aromatic N) is 3. The number of aryl methyl sites for hydroxylation is 1. The first kappa shape index (κ1) is 12.7. The van der Waals surface area contributed by atoms with Gasteiger partial charge in [-0.1, -0.05) is 0 Å². The summed E-state index contributed by atoms with van der Waals surface area (Å²) in [6.45, 7) is 3.44. The second kappa shape index (κ2) is 4.96. The van der Waals surface area contributed by atoms with Crippen molar-refractivity contribution in [1.29, 1.82) is 0 Å². The zero-order valence-electron chi connectivity index (χ0n) is 11.2. The first-order valence-electron chi connectivity index (χ1n) is 6.57. The monoisotopic (exact) mass is 273 g/mol. The van der Waals surface area contributed by atoms with Gasteiger partial charge in [0.05, 0.1) is 5.69 Å². The highest BCUT2D eigenvalue weighted by atomic mass is 16.4. The Morgan fingerprint density at radius 1 is 1.35 bits per heavy atom. The lowest BCUT2D eigenvalue weighted by Crippen LogP contribution is -2.20. The summed E-state index contributed by atoms with van der Waals surface area (Å²) in [5, 5.41) is 9.95. The Bertz CT molecular complexity index is 690. The normalized spacial score (nSPS) is 14.8. The van der Waals surface area contributed by atoms with Crippen LogP contribution in [0.3, 0.4) is 0 Å². The summed E-state index contributed by atoms with van der Waals surface area (Å²) >= 11 is 0. The van der Waals surface area contributed by atoms with Gasteiger partial charge in [0.1, 0.15) is 17.1 Å². The van der Waals surface area contributed by atoms with Gasteiger partial charge in [-0.05, 0) is 25.8 Å². The van der Waals surface area contributed by atoms with E-state index in [1.54, 1.807) is 19.2 Å². The molecule has 0 unspecified atom stereocenters. The molecule has 1 saturated heterocycles. The molecule has 0 radical (unpaired) electrons. The lowest BCUT2D eigenvalue weighted by Gasteiger charge is -2.15. The molecule has 0 atom stereocenters. The zero-order valence-corrected chi connectivity index (χ0v) is 11.2. The quantitative estimate of drug-likeness (QED) is 0.897. The second-order valence-electron chi connectivity index (χ2n) is 4.84. The van der Waals surface area contributed by atoms with Gasteiger partial charge in [-0.2, -0.15) is 0 Å². The second-order valence-corrected chi connectivity index (χ2v) is 4.84. The Labute approximate surface area is 115 Å². The molecule has 6 heteroatoms. The molecule has 104 valence electrons. The molecule has 0 saturated carbocycles. The standard InChI is InChI=1S/C14H15N3O3/c1-9-8-11(18)12(13(19)20-9)10-4-5-15-14(16-10)17-6-2-3-7-17/h4-5,8,18H,2-3,6-7H2,1H3. The molecule has 20 heavy (non-hydrogen) atoms. The number of anilines is 1. The summed E-state index contributed by atoms with van der Waals surface area (Å²) in [7, 11) is 0. The van der Waals surface area contributed by atoms with E-state index in [9.17, 15) is 9.90 Å². The zero-order chi connectivity index (χ0) is 14.1. The third kappa shape index (κ3) is 2.24. The molecule has 0 amide bonds. The number of aromatic hydroxyl groups is 1. The van der Waals surface area contributed by atoms with Crippen molar-refractivity contribution < 1.29 is 9.52 Å². The highest BCUT2D eigenvalue weighted by Gasteiger charge is 2.18. The van der Waals surface area contributed by atoms with E-state index in [1.807, 2.05) is 0 Å². The Morgan fingerprint density at radius 2 is 2.10 bits per heavy atom. The summed E-state index contributed by atoms with van der Waals surface area (Å²) in [6.07, 6.45) is 3.83. The minimum absolute atomic E-state index is 0.0819. The van der Waals surface area contributed by atoms with E-state index in [2.05, 4.69) is 14.9 Å². The van der Waals surface area contributed by atoms with Crippen molar-refractivity contribution in [3.05, 3.63) is 34.5 Å². The molecule has 0 bridgehead atoms. The van der Waals surface area contributed by atoms with Crippen molar-refractivity contribution in [3.8, 4) is 17.0 Å². The van der Waals surface area contributed by atoms with Crippen LogP contribution >= 0.6 is 0 Å². The van der Waals surface area contributed by atoms with E-state index < -0.39 is 5.63 Å². The Hall–Kier alpha value is -2.37. The minimum atomic E-state index is -0.589. The van der Waals surface area contributed by atoms with Gasteiger partial charge >= 0.3 is 5.63 Å². The third-order valence-corrected chi connectivity index (χ3v) is 3.34. The van der Waals surface area contributed by atoms with E-state index >= 15 is 0 Å². The van der Waals surface area contributed by atoms with Crippen LogP contribution in [0.15, 0.2) is 27.5 Å². The summed E-state index contributed by atoms with van der Waals surface area (Å²) in [5.41, 5.74) is -0.125. The number of aromatic nitrogens is 2. The maximum atomic E-state index is 11.9. The Morgan fingerprint density at radius 3 is 2.80 bits per heavy atom. The smallest absolute Gasteiger partial charge is 0.349 e. The molecular weight excluding hydrogens is 258 g/mol. The summed E-state index contributed by atoms with van der Waals surface area (Å²) < 4.78 is 5.02. The van der Waals surface area contributed by atoms with Crippen LogP contribution < -0.4 is 10.5 Å². The van der Waals surface area contributed by atoms with Crippen LogP contribution in [0.1, 0.15) is 18.6 Å². The molecule has 3 heterocycles. The van der Waals surface area contributed by atoms with Crippen LogP contribution in [-0.2, 0) is 0 Å². The van der Waals surface area contributed by atoms with Crippen LogP contribution in [-0.4, -0.2) is 28.2 Å². The maximum absolute atomic E-state index is 11.9. The molecule has 2 aromatic heterocycles. The lowest BCUT2D eigenvalue weighted by molar-refractivity contribution is 0.438. The molecule has 0 aromatic carbocycles. The van der Waals surface area contributed by atoms with Crippen molar-refractivity contribution in [3.63, 3.8) is 0 Å². The van der Waals surface area contributed by atoms with Crippen molar-refractivity contribution in [2.24, 2.45) is 0 Å². The average molecular weight is 273 g/mol. The molecule has 0 aliphatic carbocycles. The van der Waals surface area contributed by atoms with Gasteiger partial charge in [-0.25, -0.2) is 14.8 Å². The van der Waals surface area contributed by atoms with Gasteiger partial charge < -0.3 is 14.4 Å². The van der Waals surface area contributed by atoms with E-state index in [-0.39, 0.29) is 11.3 Å². The maximum Gasteiger partial charge on any atom is 0.349 e. The fraction of sp³-hybridized carbons (Fsp3) is 0.357. The van der Waals surface area contributed by atoms with Crippen LogP contribution in [0.2, 0.25) is 0 Å². The van der Waals surface area contributed by atoms with Gasteiger partial charge in [0, 0.05) is 25.4 Å². The van der Waals surface area contributed by atoms with E-state index in [0.717, 1.165) is 25.9 Å². The lowest BCUT2D eigenvalue weighted by atomic mass is 10.2. The number of hydrogen-bond acceptors (Lipinski definition) is 6. The number of rotatable bonds is 2. The first-order valence-corrected chi connectivity index (χ1v) is 6.57. The average Bonchev–Trinajstić information content (AvgIpc) is 2.91. The molecule has 1 aliphatic heterocycles. The fourth-order valence-electron chi connectivity index (χ4n) is 2.39. The fourth-order valence-corrected chi connectivity index (χ4v) is 2.39. The van der Waals surface area contributed by atoms with Gasteiger partial charge in [0.2, 0.25) is 5.95 Å². The van der Waals surface area contributed by atoms with Crippen LogP contribution in [0.25, 0.3) is 11.3 Å². The van der Waals surface area contributed by atoms with Crippen LogP contribution in [0.4, 0.5) is 5.95 Å². The summed E-state index contributed by atoms with van der Waals surface area (Å²) in [4.78, 5) is 22.6. The van der Waals surface area contributed by atoms with Crippen molar-refractivity contribution in [2.75, 3.05) is 18.0 Å². The SMILES string of the molecule is Cc1cc(O)c(-c2ccnc(N3CCCC3)n2)c(=O)o1. The van der Waals surface area contributed by atoms with E-state index in [0.29, 0.717) is 17.4 Å².